The maximum absolute atomic E-state index is 13.3. The molecule has 0 amide bonds. The van der Waals surface area contributed by atoms with Gasteiger partial charge in [0.25, 0.3) is 5.56 Å². The Balaban J connectivity index is 2.13. The van der Waals surface area contributed by atoms with Gasteiger partial charge < -0.3 is 5.11 Å². The van der Waals surface area contributed by atoms with E-state index in [1.54, 1.807) is 0 Å². The third-order valence-corrected chi connectivity index (χ3v) is 4.10. The van der Waals surface area contributed by atoms with E-state index in [0.29, 0.717) is 11.8 Å². The van der Waals surface area contributed by atoms with Crippen molar-refractivity contribution in [1.29, 1.82) is 0 Å². The number of aromatic amines is 1. The first kappa shape index (κ1) is 10.6. The van der Waals surface area contributed by atoms with Gasteiger partial charge in [-0.05, 0) is 31.1 Å². The van der Waals surface area contributed by atoms with Crippen LogP contribution in [0.25, 0.3) is 0 Å². The number of aromatic hydroxyl groups is 1. The molecule has 0 saturated heterocycles. The van der Waals surface area contributed by atoms with Gasteiger partial charge in [0.15, 0.2) is 0 Å². The molecule has 1 aromatic rings. The van der Waals surface area contributed by atoms with Crippen molar-refractivity contribution in [3.8, 4) is 5.88 Å². The molecular weight excluding hydrogens is 227 g/mol. The molecule has 92 valence electrons. The molecule has 2 aliphatic carbocycles. The van der Waals surface area contributed by atoms with E-state index in [-0.39, 0.29) is 6.04 Å². The van der Waals surface area contributed by atoms with E-state index >= 15 is 0 Å². The third kappa shape index (κ3) is 1.43. The van der Waals surface area contributed by atoms with Crippen LogP contribution < -0.4 is 11.2 Å². The monoisotopic (exact) mass is 240 g/mol. The molecule has 1 heterocycles. The molecule has 6 heteroatoms. The Bertz CT molecular complexity index is 577. The van der Waals surface area contributed by atoms with Crippen LogP contribution in [0.1, 0.15) is 31.7 Å². The first-order chi connectivity index (χ1) is 8.08. The quantitative estimate of drug-likeness (QED) is 0.760. The smallest absolute Gasteiger partial charge is 0.331 e. The maximum atomic E-state index is 13.3. The highest BCUT2D eigenvalue weighted by Gasteiger charge is 2.42. The van der Waals surface area contributed by atoms with Gasteiger partial charge in [-0.25, -0.2) is 4.79 Å². The lowest BCUT2D eigenvalue weighted by Gasteiger charge is -2.24. The Morgan fingerprint density at radius 3 is 2.65 bits per heavy atom. The van der Waals surface area contributed by atoms with Crippen molar-refractivity contribution in [2.45, 2.75) is 31.7 Å². The average molecular weight is 240 g/mol. The van der Waals surface area contributed by atoms with Gasteiger partial charge in [-0.2, -0.15) is 4.39 Å². The number of hydrogen-bond acceptors (Lipinski definition) is 3. The van der Waals surface area contributed by atoms with E-state index < -0.39 is 22.9 Å². The van der Waals surface area contributed by atoms with Gasteiger partial charge in [-0.3, -0.25) is 14.3 Å². The third-order valence-electron chi connectivity index (χ3n) is 4.10. The Morgan fingerprint density at radius 2 is 2.06 bits per heavy atom. The predicted octanol–water partition coefficient (Wildman–Crippen LogP) is 0.742. The lowest BCUT2D eigenvalue weighted by Crippen LogP contribution is -2.35. The van der Waals surface area contributed by atoms with Crippen LogP contribution in [0.15, 0.2) is 9.59 Å². The normalized spacial score (nSPS) is 31.0. The number of nitrogens with one attached hydrogen (secondary N) is 1. The summed E-state index contributed by atoms with van der Waals surface area (Å²) in [5.74, 6) is -1.22. The molecule has 2 bridgehead atoms. The minimum absolute atomic E-state index is 0.174. The highest BCUT2D eigenvalue weighted by Crippen LogP contribution is 2.50. The molecule has 3 unspecified atom stereocenters. The van der Waals surface area contributed by atoms with Gasteiger partial charge >= 0.3 is 5.69 Å². The first-order valence-electron chi connectivity index (χ1n) is 5.81. The Kier molecular flexibility index (Phi) is 2.14. The Hall–Kier alpha value is -1.59. The molecule has 0 radical (unpaired) electrons. The van der Waals surface area contributed by atoms with Crippen LogP contribution in [0.4, 0.5) is 4.39 Å². The molecule has 3 atom stereocenters. The summed E-state index contributed by atoms with van der Waals surface area (Å²) in [6.45, 7) is 0. The number of rotatable bonds is 1. The summed E-state index contributed by atoms with van der Waals surface area (Å²) in [6.07, 6.45) is 3.95. The van der Waals surface area contributed by atoms with Crippen LogP contribution >= 0.6 is 0 Å². The van der Waals surface area contributed by atoms with Gasteiger partial charge in [-0.15, -0.1) is 0 Å². The van der Waals surface area contributed by atoms with Gasteiger partial charge in [0.1, 0.15) is 0 Å². The molecule has 2 aliphatic rings. The van der Waals surface area contributed by atoms with Crippen molar-refractivity contribution >= 4 is 0 Å². The lowest BCUT2D eigenvalue weighted by atomic mass is 9.95. The molecule has 5 nitrogen and oxygen atoms in total. The molecule has 3 rings (SSSR count). The molecule has 17 heavy (non-hydrogen) atoms. The van der Waals surface area contributed by atoms with E-state index in [1.165, 1.54) is 0 Å². The topological polar surface area (TPSA) is 75.1 Å². The van der Waals surface area contributed by atoms with Crippen molar-refractivity contribution in [3.63, 3.8) is 0 Å². The van der Waals surface area contributed by atoms with Crippen molar-refractivity contribution in [2.24, 2.45) is 11.8 Å². The summed E-state index contributed by atoms with van der Waals surface area (Å²) in [7, 11) is 0. The number of halogens is 1. The second-order valence-corrected chi connectivity index (χ2v) is 5.01. The summed E-state index contributed by atoms with van der Waals surface area (Å²) in [5, 5.41) is 9.62. The molecule has 2 fully saturated rings. The molecular formula is C11H13FN2O3. The summed E-state index contributed by atoms with van der Waals surface area (Å²) in [6, 6.07) is -0.174. The summed E-state index contributed by atoms with van der Waals surface area (Å²) >= 11 is 0. The Labute approximate surface area is 95.9 Å². The van der Waals surface area contributed by atoms with E-state index in [4.69, 9.17) is 0 Å². The molecule has 0 spiro atoms. The van der Waals surface area contributed by atoms with Crippen LogP contribution in [-0.4, -0.2) is 14.7 Å². The van der Waals surface area contributed by atoms with E-state index in [0.717, 1.165) is 30.3 Å². The van der Waals surface area contributed by atoms with Gasteiger partial charge in [0.05, 0.1) is 0 Å². The largest absolute Gasteiger partial charge is 0.492 e. The van der Waals surface area contributed by atoms with Crippen molar-refractivity contribution in [3.05, 3.63) is 26.7 Å². The fourth-order valence-corrected chi connectivity index (χ4v) is 3.35. The van der Waals surface area contributed by atoms with Crippen molar-refractivity contribution in [2.75, 3.05) is 0 Å². The molecule has 1 aromatic heterocycles. The van der Waals surface area contributed by atoms with Crippen molar-refractivity contribution < 1.29 is 9.50 Å². The molecule has 0 aromatic carbocycles. The van der Waals surface area contributed by atoms with E-state index in [1.807, 2.05) is 4.98 Å². The summed E-state index contributed by atoms with van der Waals surface area (Å²) in [4.78, 5) is 24.5. The first-order valence-corrected chi connectivity index (χ1v) is 5.81. The fourth-order valence-electron chi connectivity index (χ4n) is 3.35. The van der Waals surface area contributed by atoms with Crippen LogP contribution in [0.2, 0.25) is 0 Å². The van der Waals surface area contributed by atoms with Crippen LogP contribution in [0.3, 0.4) is 0 Å². The number of H-pyrrole nitrogens is 1. The van der Waals surface area contributed by atoms with Crippen LogP contribution in [0, 0.1) is 17.7 Å². The van der Waals surface area contributed by atoms with E-state index in [2.05, 4.69) is 0 Å². The maximum Gasteiger partial charge on any atom is 0.331 e. The molecule has 0 aliphatic heterocycles. The zero-order valence-corrected chi connectivity index (χ0v) is 9.15. The molecule has 2 N–H and O–H groups in total. The molecule has 2 saturated carbocycles. The zero-order valence-electron chi connectivity index (χ0n) is 9.15. The minimum atomic E-state index is -1.27. The van der Waals surface area contributed by atoms with Gasteiger partial charge in [0, 0.05) is 6.04 Å². The highest BCUT2D eigenvalue weighted by atomic mass is 19.1. The van der Waals surface area contributed by atoms with Crippen LogP contribution in [-0.2, 0) is 0 Å². The zero-order chi connectivity index (χ0) is 12.2. The summed E-state index contributed by atoms with van der Waals surface area (Å²) in [5.41, 5.74) is -1.88. The Morgan fingerprint density at radius 1 is 1.29 bits per heavy atom. The standard InChI is InChI=1S/C11H13FN2O3/c12-8-9(15)13-11(17)14(10(8)16)7-4-5-1-2-6(7)3-5/h5-7,16H,1-4H2,(H,13,15,17). The number of nitrogens with zero attached hydrogens (tertiary/aromatic N) is 1. The summed E-state index contributed by atoms with van der Waals surface area (Å²) < 4.78 is 14.3. The van der Waals surface area contributed by atoms with Gasteiger partial charge in [0.2, 0.25) is 11.7 Å². The van der Waals surface area contributed by atoms with E-state index in [9.17, 15) is 19.1 Å². The highest BCUT2D eigenvalue weighted by molar-refractivity contribution is 5.12. The van der Waals surface area contributed by atoms with Crippen LogP contribution in [0.5, 0.6) is 5.88 Å². The van der Waals surface area contributed by atoms with Crippen molar-refractivity contribution in [1.82, 2.24) is 9.55 Å². The fraction of sp³-hybridized carbons (Fsp3) is 0.636. The number of aromatic nitrogens is 2. The number of fused-ring (bicyclic) bond motifs is 2. The average Bonchev–Trinajstić information content (AvgIpc) is 2.88. The van der Waals surface area contributed by atoms with Gasteiger partial charge in [-0.1, -0.05) is 6.42 Å². The second kappa shape index (κ2) is 3.45. The number of hydrogen-bond donors (Lipinski definition) is 2. The predicted molar refractivity (Wildman–Crippen MR) is 57.4 cm³/mol. The lowest BCUT2D eigenvalue weighted by molar-refractivity contribution is 0.268. The minimum Gasteiger partial charge on any atom is -0.492 e. The second-order valence-electron chi connectivity index (χ2n) is 5.01. The SMILES string of the molecule is O=c1[nH]c(=O)n(C2CC3CCC2C3)c(O)c1F.